The lowest BCUT2D eigenvalue weighted by atomic mass is 10.0. The van der Waals surface area contributed by atoms with Crippen LogP contribution in [0.1, 0.15) is 16.7 Å². The molecule has 0 radical (unpaired) electrons. The topological polar surface area (TPSA) is 61.1 Å². The van der Waals surface area contributed by atoms with Crippen molar-refractivity contribution < 1.29 is 9.90 Å². The standard InChI is InChI=1S/C10H8BrNO2/c1-6-2-3-7(4-9(13)14)8(5-12)10(6)11/h2-3H,4H2,1H3,(H,13,14). The van der Waals surface area contributed by atoms with Gasteiger partial charge in [-0.05, 0) is 34.0 Å². The summed E-state index contributed by atoms with van der Waals surface area (Å²) in [5.74, 6) is -0.933. The zero-order valence-corrected chi connectivity index (χ0v) is 9.13. The van der Waals surface area contributed by atoms with E-state index in [9.17, 15) is 4.79 Å². The molecule has 14 heavy (non-hydrogen) atoms. The molecule has 1 rings (SSSR count). The fourth-order valence-electron chi connectivity index (χ4n) is 1.15. The molecule has 0 spiro atoms. The summed E-state index contributed by atoms with van der Waals surface area (Å²) in [6.45, 7) is 1.86. The molecule has 3 nitrogen and oxygen atoms in total. The number of halogens is 1. The molecule has 1 aromatic rings. The number of nitriles is 1. The lowest BCUT2D eigenvalue weighted by Crippen LogP contribution is -2.03. The van der Waals surface area contributed by atoms with E-state index in [1.165, 1.54) is 0 Å². The molecule has 0 aliphatic heterocycles. The first-order chi connectivity index (χ1) is 6.56. The number of benzene rings is 1. The van der Waals surface area contributed by atoms with Crippen LogP contribution < -0.4 is 0 Å². The van der Waals surface area contributed by atoms with Gasteiger partial charge in [-0.25, -0.2) is 0 Å². The third kappa shape index (κ3) is 2.12. The van der Waals surface area contributed by atoms with E-state index in [2.05, 4.69) is 15.9 Å². The Kier molecular flexibility index (Phi) is 3.26. The van der Waals surface area contributed by atoms with Crippen molar-refractivity contribution >= 4 is 21.9 Å². The Bertz CT molecular complexity index is 421. The molecular weight excluding hydrogens is 246 g/mol. The van der Waals surface area contributed by atoms with Crippen LogP contribution in [0.4, 0.5) is 0 Å². The second-order valence-corrected chi connectivity index (χ2v) is 3.71. The fraction of sp³-hybridized carbons (Fsp3) is 0.200. The summed E-state index contributed by atoms with van der Waals surface area (Å²) in [5.41, 5.74) is 1.88. The van der Waals surface area contributed by atoms with Crippen LogP contribution in [0.5, 0.6) is 0 Å². The first-order valence-electron chi connectivity index (χ1n) is 3.96. The number of aryl methyl sites for hydroxylation is 1. The quantitative estimate of drug-likeness (QED) is 0.880. The molecule has 0 saturated carbocycles. The van der Waals surface area contributed by atoms with Gasteiger partial charge in [-0.3, -0.25) is 4.79 Å². The van der Waals surface area contributed by atoms with Gasteiger partial charge in [0, 0.05) is 4.47 Å². The Balaban J connectivity index is 3.26. The summed E-state index contributed by atoms with van der Waals surface area (Å²) >= 11 is 3.27. The molecule has 0 fully saturated rings. The molecule has 0 atom stereocenters. The normalized spacial score (nSPS) is 9.50. The molecule has 0 heterocycles. The Morgan fingerprint density at radius 3 is 2.79 bits per heavy atom. The van der Waals surface area contributed by atoms with Gasteiger partial charge in [0.1, 0.15) is 6.07 Å². The number of hydrogen-bond donors (Lipinski definition) is 1. The van der Waals surface area contributed by atoms with E-state index in [0.717, 1.165) is 5.56 Å². The zero-order chi connectivity index (χ0) is 10.7. The highest BCUT2D eigenvalue weighted by Crippen LogP contribution is 2.24. The van der Waals surface area contributed by atoms with Crippen molar-refractivity contribution in [3.63, 3.8) is 0 Å². The third-order valence-electron chi connectivity index (χ3n) is 1.87. The minimum absolute atomic E-state index is 0.123. The molecular formula is C10H8BrNO2. The molecule has 0 unspecified atom stereocenters. The molecule has 0 aliphatic rings. The lowest BCUT2D eigenvalue weighted by molar-refractivity contribution is -0.136. The van der Waals surface area contributed by atoms with Gasteiger partial charge in [0.25, 0.3) is 0 Å². The van der Waals surface area contributed by atoms with Crippen LogP contribution in [0.15, 0.2) is 16.6 Å². The number of nitrogens with zero attached hydrogens (tertiary/aromatic N) is 1. The van der Waals surface area contributed by atoms with Crippen LogP contribution in [0, 0.1) is 18.3 Å². The molecule has 72 valence electrons. The van der Waals surface area contributed by atoms with Gasteiger partial charge in [0.2, 0.25) is 0 Å². The molecule has 1 aromatic carbocycles. The Hall–Kier alpha value is -1.34. The molecule has 0 bridgehead atoms. The maximum absolute atomic E-state index is 10.5. The summed E-state index contributed by atoms with van der Waals surface area (Å²) in [6.07, 6.45) is -0.123. The Morgan fingerprint density at radius 1 is 1.64 bits per heavy atom. The second kappa shape index (κ2) is 4.25. The SMILES string of the molecule is Cc1ccc(CC(=O)O)c(C#N)c1Br. The Morgan fingerprint density at radius 2 is 2.29 bits per heavy atom. The van der Waals surface area contributed by atoms with Crippen molar-refractivity contribution in [1.82, 2.24) is 0 Å². The molecule has 4 heteroatoms. The smallest absolute Gasteiger partial charge is 0.307 e. The van der Waals surface area contributed by atoms with Crippen LogP contribution in [0.2, 0.25) is 0 Å². The third-order valence-corrected chi connectivity index (χ3v) is 2.90. The van der Waals surface area contributed by atoms with E-state index in [1.54, 1.807) is 12.1 Å². The highest BCUT2D eigenvalue weighted by Gasteiger charge is 2.11. The number of carboxylic acid groups (broad SMARTS) is 1. The number of hydrogen-bond acceptors (Lipinski definition) is 2. The maximum atomic E-state index is 10.5. The van der Waals surface area contributed by atoms with Gasteiger partial charge >= 0.3 is 5.97 Å². The van der Waals surface area contributed by atoms with Crippen LogP contribution in [0.25, 0.3) is 0 Å². The van der Waals surface area contributed by atoms with Gasteiger partial charge in [0.15, 0.2) is 0 Å². The van der Waals surface area contributed by atoms with Crippen LogP contribution in [-0.2, 0) is 11.2 Å². The molecule has 0 aliphatic carbocycles. The van der Waals surface area contributed by atoms with Crippen LogP contribution in [0.3, 0.4) is 0 Å². The number of aliphatic carboxylic acids is 1. The first-order valence-corrected chi connectivity index (χ1v) is 4.75. The molecule has 0 amide bonds. The van der Waals surface area contributed by atoms with Crippen LogP contribution >= 0.6 is 15.9 Å². The minimum atomic E-state index is -0.933. The van der Waals surface area contributed by atoms with Crippen LogP contribution in [-0.4, -0.2) is 11.1 Å². The van der Waals surface area contributed by atoms with E-state index in [0.29, 0.717) is 15.6 Å². The van der Waals surface area contributed by atoms with Gasteiger partial charge in [-0.1, -0.05) is 12.1 Å². The zero-order valence-electron chi connectivity index (χ0n) is 7.54. The van der Waals surface area contributed by atoms with E-state index in [4.69, 9.17) is 10.4 Å². The lowest BCUT2D eigenvalue weighted by Gasteiger charge is -2.05. The molecule has 0 saturated heterocycles. The molecule has 1 N–H and O–H groups in total. The summed E-state index contributed by atoms with van der Waals surface area (Å²) in [4.78, 5) is 10.5. The van der Waals surface area contributed by atoms with Gasteiger partial charge in [0.05, 0.1) is 12.0 Å². The fourth-order valence-corrected chi connectivity index (χ4v) is 1.63. The van der Waals surface area contributed by atoms with Crippen molar-refractivity contribution in [2.24, 2.45) is 0 Å². The van der Waals surface area contributed by atoms with Gasteiger partial charge in [-0.15, -0.1) is 0 Å². The van der Waals surface area contributed by atoms with Gasteiger partial charge < -0.3 is 5.11 Å². The van der Waals surface area contributed by atoms with E-state index in [-0.39, 0.29) is 6.42 Å². The maximum Gasteiger partial charge on any atom is 0.307 e. The summed E-state index contributed by atoms with van der Waals surface area (Å²) in [6, 6.07) is 5.47. The number of rotatable bonds is 2. The summed E-state index contributed by atoms with van der Waals surface area (Å²) in [7, 11) is 0. The average Bonchev–Trinajstić information content (AvgIpc) is 2.11. The summed E-state index contributed by atoms with van der Waals surface area (Å²) < 4.78 is 0.679. The highest BCUT2D eigenvalue weighted by atomic mass is 79.9. The minimum Gasteiger partial charge on any atom is -0.481 e. The number of carboxylic acids is 1. The predicted octanol–water partition coefficient (Wildman–Crippen LogP) is 2.26. The van der Waals surface area contributed by atoms with E-state index in [1.807, 2.05) is 13.0 Å². The van der Waals surface area contributed by atoms with Crippen molar-refractivity contribution in [2.45, 2.75) is 13.3 Å². The van der Waals surface area contributed by atoms with E-state index >= 15 is 0 Å². The first kappa shape index (κ1) is 10.7. The van der Waals surface area contributed by atoms with E-state index < -0.39 is 5.97 Å². The molecule has 0 aromatic heterocycles. The van der Waals surface area contributed by atoms with Crippen molar-refractivity contribution in [1.29, 1.82) is 5.26 Å². The van der Waals surface area contributed by atoms with Gasteiger partial charge in [-0.2, -0.15) is 5.26 Å². The van der Waals surface area contributed by atoms with Crippen molar-refractivity contribution in [3.05, 3.63) is 33.3 Å². The number of carbonyl (C=O) groups is 1. The highest BCUT2D eigenvalue weighted by molar-refractivity contribution is 9.10. The van der Waals surface area contributed by atoms with Crippen molar-refractivity contribution in [2.75, 3.05) is 0 Å². The monoisotopic (exact) mass is 253 g/mol. The second-order valence-electron chi connectivity index (χ2n) is 2.91. The van der Waals surface area contributed by atoms with Crippen molar-refractivity contribution in [3.8, 4) is 6.07 Å². The predicted molar refractivity (Wildman–Crippen MR) is 54.9 cm³/mol. The Labute approximate surface area is 90.1 Å². The largest absolute Gasteiger partial charge is 0.481 e. The summed E-state index contributed by atoms with van der Waals surface area (Å²) in [5, 5.41) is 17.5. The average molecular weight is 254 g/mol.